The maximum Gasteiger partial charge on any atom is 0.335 e. The third-order valence-corrected chi connectivity index (χ3v) is 1.93. The summed E-state index contributed by atoms with van der Waals surface area (Å²) in [6.07, 6.45) is 3.42. The Bertz CT molecular complexity index is 346. The molecule has 0 atom stereocenters. The van der Waals surface area contributed by atoms with Crippen molar-refractivity contribution in [3.63, 3.8) is 0 Å². The molecule has 1 aromatic heterocycles. The number of hydrogen-bond donors (Lipinski definition) is 0. The maximum atomic E-state index is 11.2. The molecule has 0 aliphatic carbocycles. The average Bonchev–Trinajstić information content (AvgIpc) is 2.51. The topological polar surface area (TPSA) is 44.1 Å². The van der Waals surface area contributed by atoms with Crippen molar-refractivity contribution in [1.82, 2.24) is 9.78 Å². The fourth-order valence-corrected chi connectivity index (χ4v) is 1.25. The number of carbonyl (C=O) groups excluding carboxylic acids is 1. The Morgan fingerprint density at radius 2 is 2.50 bits per heavy atom. The number of rotatable bonds is 4. The molecule has 1 heterocycles. The van der Waals surface area contributed by atoms with Crippen molar-refractivity contribution in [2.75, 3.05) is 6.61 Å². The molecule has 0 saturated carbocycles. The monoisotopic (exact) mass is 258 g/mol. The molecule has 0 fully saturated rings. The van der Waals surface area contributed by atoms with Gasteiger partial charge in [0.2, 0.25) is 0 Å². The minimum absolute atomic E-state index is 0.352. The second kappa shape index (κ2) is 4.95. The summed E-state index contributed by atoms with van der Waals surface area (Å²) in [7, 11) is 0. The van der Waals surface area contributed by atoms with Crippen LogP contribution in [0, 0.1) is 0 Å². The number of nitrogens with zero attached hydrogens (tertiary/aromatic N) is 2. The van der Waals surface area contributed by atoms with Crippen LogP contribution in [-0.4, -0.2) is 22.4 Å². The van der Waals surface area contributed by atoms with E-state index in [-0.39, 0.29) is 5.97 Å². The zero-order chi connectivity index (χ0) is 10.6. The minimum atomic E-state index is -0.376. The molecule has 1 rings (SSSR count). The van der Waals surface area contributed by atoms with Crippen LogP contribution in [0.25, 0.3) is 0 Å². The van der Waals surface area contributed by atoms with E-state index in [1.807, 2.05) is 0 Å². The van der Waals surface area contributed by atoms with Gasteiger partial charge < -0.3 is 4.74 Å². The van der Waals surface area contributed by atoms with Crippen LogP contribution < -0.4 is 0 Å². The van der Waals surface area contributed by atoms with Crippen LogP contribution in [0.5, 0.6) is 0 Å². The van der Waals surface area contributed by atoms with E-state index in [2.05, 4.69) is 27.6 Å². The van der Waals surface area contributed by atoms with E-state index in [4.69, 9.17) is 4.74 Å². The van der Waals surface area contributed by atoms with Crippen LogP contribution in [0.4, 0.5) is 0 Å². The summed E-state index contributed by atoms with van der Waals surface area (Å²) in [5.41, 5.74) is 0.391. The zero-order valence-electron chi connectivity index (χ0n) is 7.86. The Kier molecular flexibility index (Phi) is 3.88. The molecule has 5 heteroatoms. The number of aromatic nitrogens is 2. The molecule has 0 aliphatic rings. The average molecular weight is 259 g/mol. The van der Waals surface area contributed by atoms with Crippen LogP contribution >= 0.6 is 15.9 Å². The molecule has 0 spiro atoms. The zero-order valence-corrected chi connectivity index (χ0v) is 9.45. The molecule has 0 saturated heterocycles. The molecule has 76 valence electrons. The molecule has 1 aromatic rings. The Labute approximate surface area is 90.7 Å². The van der Waals surface area contributed by atoms with Crippen LogP contribution in [0.1, 0.15) is 6.92 Å². The summed E-state index contributed by atoms with van der Waals surface area (Å²) in [4.78, 5) is 11.2. The molecule has 4 nitrogen and oxygen atoms in total. The van der Waals surface area contributed by atoms with Gasteiger partial charge in [-0.05, 0) is 22.9 Å². The van der Waals surface area contributed by atoms with Gasteiger partial charge in [0, 0.05) is 6.20 Å². The highest BCUT2D eigenvalue weighted by atomic mass is 79.9. The summed E-state index contributed by atoms with van der Waals surface area (Å²) < 4.78 is 7.28. The molecule has 0 aliphatic heterocycles. The highest BCUT2D eigenvalue weighted by molar-refractivity contribution is 9.10. The largest absolute Gasteiger partial charge is 0.463 e. The van der Waals surface area contributed by atoms with Crippen molar-refractivity contribution in [3.8, 4) is 0 Å². The highest BCUT2D eigenvalue weighted by Gasteiger charge is 2.08. The van der Waals surface area contributed by atoms with E-state index in [0.717, 1.165) is 4.47 Å². The summed E-state index contributed by atoms with van der Waals surface area (Å²) in [5, 5.41) is 4.00. The van der Waals surface area contributed by atoms with Crippen LogP contribution in [-0.2, 0) is 16.1 Å². The second-order valence-electron chi connectivity index (χ2n) is 2.68. The quantitative estimate of drug-likeness (QED) is 0.611. The third-order valence-electron chi connectivity index (χ3n) is 1.52. The van der Waals surface area contributed by atoms with Crippen molar-refractivity contribution >= 4 is 21.9 Å². The number of ether oxygens (including phenoxy) is 1. The van der Waals surface area contributed by atoms with Crippen molar-refractivity contribution in [2.45, 2.75) is 13.5 Å². The fourth-order valence-electron chi connectivity index (χ4n) is 0.918. The lowest BCUT2D eigenvalue weighted by atomic mass is 10.3. The smallest absolute Gasteiger partial charge is 0.335 e. The van der Waals surface area contributed by atoms with Gasteiger partial charge in [0.15, 0.2) is 0 Å². The first kappa shape index (κ1) is 11.0. The second-order valence-corrected chi connectivity index (χ2v) is 3.60. The standard InChI is InChI=1S/C9H11BrN2O2/c1-3-14-9(13)7(2)5-12-6-8(10)4-11-12/h4,6H,2-3,5H2,1H3. The Hall–Kier alpha value is -1.10. The van der Waals surface area contributed by atoms with Crippen molar-refractivity contribution in [2.24, 2.45) is 0 Å². The Morgan fingerprint density at radius 1 is 1.79 bits per heavy atom. The molecule has 0 aromatic carbocycles. The first-order valence-electron chi connectivity index (χ1n) is 4.16. The summed E-state index contributed by atoms with van der Waals surface area (Å²) in [6.45, 7) is 6.10. The lowest BCUT2D eigenvalue weighted by Gasteiger charge is -2.04. The number of hydrogen-bond acceptors (Lipinski definition) is 3. The number of halogens is 1. The first-order valence-corrected chi connectivity index (χ1v) is 4.95. The van der Waals surface area contributed by atoms with E-state index >= 15 is 0 Å². The summed E-state index contributed by atoms with van der Waals surface area (Å²) in [6, 6.07) is 0. The van der Waals surface area contributed by atoms with Gasteiger partial charge in [0.05, 0.1) is 29.4 Å². The summed E-state index contributed by atoms with van der Waals surface area (Å²) in [5.74, 6) is -0.376. The predicted molar refractivity (Wildman–Crippen MR) is 55.7 cm³/mol. The fraction of sp³-hybridized carbons (Fsp3) is 0.333. The number of esters is 1. The van der Waals surface area contributed by atoms with Gasteiger partial charge in [0.1, 0.15) is 0 Å². The SMILES string of the molecule is C=C(Cn1cc(Br)cn1)C(=O)OCC. The first-order chi connectivity index (χ1) is 6.63. The van der Waals surface area contributed by atoms with E-state index in [0.29, 0.717) is 18.7 Å². The molecule has 14 heavy (non-hydrogen) atoms. The van der Waals surface area contributed by atoms with Gasteiger partial charge in [-0.1, -0.05) is 6.58 Å². The molecule has 0 radical (unpaired) electrons. The van der Waals surface area contributed by atoms with Gasteiger partial charge in [-0.2, -0.15) is 5.10 Å². The van der Waals surface area contributed by atoms with Crippen molar-refractivity contribution in [1.29, 1.82) is 0 Å². The van der Waals surface area contributed by atoms with Crippen LogP contribution in [0.2, 0.25) is 0 Å². The lowest BCUT2D eigenvalue weighted by Crippen LogP contribution is -2.12. The van der Waals surface area contributed by atoms with Crippen LogP contribution in [0.3, 0.4) is 0 Å². The van der Waals surface area contributed by atoms with E-state index < -0.39 is 0 Å². The minimum Gasteiger partial charge on any atom is -0.463 e. The predicted octanol–water partition coefficient (Wildman–Crippen LogP) is 1.76. The van der Waals surface area contributed by atoms with E-state index in [9.17, 15) is 4.79 Å². The molecule has 0 N–H and O–H groups in total. The number of carbonyl (C=O) groups is 1. The van der Waals surface area contributed by atoms with Gasteiger partial charge in [-0.15, -0.1) is 0 Å². The molecule has 0 bridgehead atoms. The Morgan fingerprint density at radius 3 is 3.00 bits per heavy atom. The van der Waals surface area contributed by atoms with E-state index in [1.54, 1.807) is 24.0 Å². The normalized spacial score (nSPS) is 9.86. The van der Waals surface area contributed by atoms with Gasteiger partial charge >= 0.3 is 5.97 Å². The Balaban J connectivity index is 2.53. The third kappa shape index (κ3) is 2.99. The molecule has 0 unspecified atom stereocenters. The van der Waals surface area contributed by atoms with Gasteiger partial charge in [-0.25, -0.2) is 4.79 Å². The van der Waals surface area contributed by atoms with E-state index in [1.165, 1.54) is 0 Å². The highest BCUT2D eigenvalue weighted by Crippen LogP contribution is 2.08. The lowest BCUT2D eigenvalue weighted by molar-refractivity contribution is -0.138. The molecule has 0 amide bonds. The maximum absolute atomic E-state index is 11.2. The molecular weight excluding hydrogens is 248 g/mol. The van der Waals surface area contributed by atoms with Gasteiger partial charge in [-0.3, -0.25) is 4.68 Å². The molecular formula is C9H11BrN2O2. The van der Waals surface area contributed by atoms with Crippen LogP contribution in [0.15, 0.2) is 29.0 Å². The van der Waals surface area contributed by atoms with Gasteiger partial charge in [0.25, 0.3) is 0 Å². The summed E-state index contributed by atoms with van der Waals surface area (Å²) >= 11 is 3.26. The van der Waals surface area contributed by atoms with Crippen molar-refractivity contribution < 1.29 is 9.53 Å². The van der Waals surface area contributed by atoms with Crippen molar-refractivity contribution in [3.05, 3.63) is 29.0 Å².